The lowest BCUT2D eigenvalue weighted by molar-refractivity contribution is 0.141. The third kappa shape index (κ3) is 2.82. The van der Waals surface area contributed by atoms with Crippen LogP contribution in [0.15, 0.2) is 42.5 Å². The molecule has 0 bridgehead atoms. The molecule has 2 aromatic rings. The molecule has 2 aromatic carbocycles. The van der Waals surface area contributed by atoms with Gasteiger partial charge in [0.15, 0.2) is 0 Å². The van der Waals surface area contributed by atoms with E-state index in [9.17, 15) is 13.9 Å². The van der Waals surface area contributed by atoms with E-state index in [2.05, 4.69) is 0 Å². The zero-order chi connectivity index (χ0) is 14.7. The highest BCUT2D eigenvalue weighted by Crippen LogP contribution is 2.36. The molecule has 5 heteroatoms. The van der Waals surface area contributed by atoms with Crippen LogP contribution in [0, 0.1) is 11.6 Å². The molecule has 2 nitrogen and oxygen atoms in total. The molecule has 0 saturated carbocycles. The normalized spacial score (nSPS) is 14.1. The molecule has 20 heavy (non-hydrogen) atoms. The number of hydrogen-bond acceptors (Lipinski definition) is 2. The van der Waals surface area contributed by atoms with Gasteiger partial charge in [-0.2, -0.15) is 0 Å². The van der Waals surface area contributed by atoms with E-state index in [-0.39, 0.29) is 22.7 Å². The Balaban J connectivity index is 2.45. The lowest BCUT2D eigenvalue weighted by Crippen LogP contribution is -2.22. The van der Waals surface area contributed by atoms with Crippen LogP contribution in [0.4, 0.5) is 8.78 Å². The number of halogens is 3. The minimum Gasteiger partial charge on any atom is -0.388 e. The Bertz CT molecular complexity index is 586. The standard InChI is InChI=1S/C15H14ClF2NO/c16-11-5-3-7-13(18)14(11)10(8-19)15(20)9-4-1-2-6-12(9)17/h1-7,10,15,20H,8,19H2. The largest absolute Gasteiger partial charge is 0.388 e. The summed E-state index contributed by atoms with van der Waals surface area (Å²) in [7, 11) is 0. The van der Waals surface area contributed by atoms with Gasteiger partial charge in [-0.05, 0) is 18.2 Å². The number of hydrogen-bond donors (Lipinski definition) is 2. The Morgan fingerprint density at radius 3 is 2.30 bits per heavy atom. The topological polar surface area (TPSA) is 46.2 Å². The van der Waals surface area contributed by atoms with Crippen molar-refractivity contribution in [3.05, 3.63) is 70.2 Å². The zero-order valence-corrected chi connectivity index (χ0v) is 11.3. The zero-order valence-electron chi connectivity index (χ0n) is 10.6. The van der Waals surface area contributed by atoms with Crippen molar-refractivity contribution in [1.82, 2.24) is 0 Å². The SMILES string of the molecule is NCC(c1c(F)cccc1Cl)C(O)c1ccccc1F. The number of benzene rings is 2. The Kier molecular flexibility index (Phi) is 4.70. The van der Waals surface area contributed by atoms with Crippen molar-refractivity contribution < 1.29 is 13.9 Å². The van der Waals surface area contributed by atoms with Crippen LogP contribution in [0.5, 0.6) is 0 Å². The summed E-state index contributed by atoms with van der Waals surface area (Å²) in [6, 6.07) is 9.99. The Morgan fingerprint density at radius 2 is 1.70 bits per heavy atom. The summed E-state index contributed by atoms with van der Waals surface area (Å²) in [5, 5.41) is 10.5. The smallest absolute Gasteiger partial charge is 0.129 e. The maximum absolute atomic E-state index is 13.9. The molecule has 0 aromatic heterocycles. The van der Waals surface area contributed by atoms with Crippen molar-refractivity contribution in [1.29, 1.82) is 0 Å². The fraction of sp³-hybridized carbons (Fsp3) is 0.200. The minimum atomic E-state index is -1.27. The second-order valence-electron chi connectivity index (χ2n) is 4.44. The Hall–Kier alpha value is -1.49. The lowest BCUT2D eigenvalue weighted by atomic mass is 9.88. The predicted molar refractivity (Wildman–Crippen MR) is 74.6 cm³/mol. The van der Waals surface area contributed by atoms with E-state index in [1.54, 1.807) is 6.07 Å². The van der Waals surface area contributed by atoms with E-state index in [1.165, 1.54) is 36.4 Å². The molecule has 0 aliphatic heterocycles. The summed E-state index contributed by atoms with van der Waals surface area (Å²) < 4.78 is 27.6. The van der Waals surface area contributed by atoms with Gasteiger partial charge >= 0.3 is 0 Å². The van der Waals surface area contributed by atoms with Gasteiger partial charge in [0.2, 0.25) is 0 Å². The number of nitrogens with two attached hydrogens (primary N) is 1. The van der Waals surface area contributed by atoms with Crippen molar-refractivity contribution in [2.45, 2.75) is 12.0 Å². The third-order valence-corrected chi connectivity index (χ3v) is 3.56. The van der Waals surface area contributed by atoms with Gasteiger partial charge in [-0.1, -0.05) is 35.9 Å². The number of rotatable bonds is 4. The van der Waals surface area contributed by atoms with Crippen molar-refractivity contribution in [2.24, 2.45) is 5.73 Å². The van der Waals surface area contributed by atoms with Crippen LogP contribution in [0.2, 0.25) is 5.02 Å². The average Bonchev–Trinajstić information content (AvgIpc) is 2.43. The van der Waals surface area contributed by atoms with Crippen molar-refractivity contribution in [3.63, 3.8) is 0 Å². The van der Waals surface area contributed by atoms with Gasteiger partial charge in [0.25, 0.3) is 0 Å². The molecule has 0 saturated heterocycles. The minimum absolute atomic E-state index is 0.0594. The first-order valence-corrected chi connectivity index (χ1v) is 6.50. The van der Waals surface area contributed by atoms with Gasteiger partial charge in [0.1, 0.15) is 11.6 Å². The highest BCUT2D eigenvalue weighted by atomic mass is 35.5. The molecular formula is C15H14ClF2NO. The molecule has 0 amide bonds. The van der Waals surface area contributed by atoms with Crippen LogP contribution in [0.25, 0.3) is 0 Å². The van der Waals surface area contributed by atoms with Gasteiger partial charge in [0.05, 0.1) is 6.10 Å². The van der Waals surface area contributed by atoms with E-state index < -0.39 is 23.7 Å². The van der Waals surface area contributed by atoms with Crippen LogP contribution in [-0.2, 0) is 0 Å². The quantitative estimate of drug-likeness (QED) is 0.908. The van der Waals surface area contributed by atoms with E-state index in [0.717, 1.165) is 0 Å². The van der Waals surface area contributed by atoms with E-state index in [4.69, 9.17) is 17.3 Å². The fourth-order valence-corrected chi connectivity index (χ4v) is 2.50. The van der Waals surface area contributed by atoms with Gasteiger partial charge in [-0.25, -0.2) is 8.78 Å². The van der Waals surface area contributed by atoms with Gasteiger partial charge < -0.3 is 10.8 Å². The second-order valence-corrected chi connectivity index (χ2v) is 4.85. The Morgan fingerprint density at radius 1 is 1.05 bits per heavy atom. The second kappa shape index (κ2) is 6.31. The summed E-state index contributed by atoms with van der Waals surface area (Å²) in [6.07, 6.45) is -1.27. The third-order valence-electron chi connectivity index (χ3n) is 3.23. The highest BCUT2D eigenvalue weighted by Gasteiger charge is 2.27. The summed E-state index contributed by atoms with van der Waals surface area (Å²) in [4.78, 5) is 0. The Labute approximate surface area is 120 Å². The van der Waals surface area contributed by atoms with E-state index in [1.807, 2.05) is 0 Å². The first kappa shape index (κ1) is 14.9. The molecule has 0 fully saturated rings. The van der Waals surface area contributed by atoms with Crippen LogP contribution in [0.3, 0.4) is 0 Å². The van der Waals surface area contributed by atoms with E-state index >= 15 is 0 Å². The predicted octanol–water partition coefficient (Wildman–Crippen LogP) is 3.39. The molecule has 2 rings (SSSR count). The van der Waals surface area contributed by atoms with Crippen LogP contribution < -0.4 is 5.73 Å². The molecular weight excluding hydrogens is 284 g/mol. The lowest BCUT2D eigenvalue weighted by Gasteiger charge is -2.24. The van der Waals surface area contributed by atoms with Crippen molar-refractivity contribution >= 4 is 11.6 Å². The summed E-state index contributed by atoms with van der Waals surface area (Å²) in [6.45, 7) is -0.0594. The first-order chi connectivity index (χ1) is 9.56. The molecule has 2 atom stereocenters. The van der Waals surface area contributed by atoms with E-state index in [0.29, 0.717) is 0 Å². The monoisotopic (exact) mass is 297 g/mol. The molecule has 0 heterocycles. The fourth-order valence-electron chi connectivity index (χ4n) is 2.20. The summed E-state index contributed by atoms with van der Waals surface area (Å²) >= 11 is 5.97. The van der Waals surface area contributed by atoms with Crippen molar-refractivity contribution in [2.75, 3.05) is 6.54 Å². The highest BCUT2D eigenvalue weighted by molar-refractivity contribution is 6.31. The molecule has 0 aliphatic rings. The van der Waals surface area contributed by atoms with Gasteiger partial charge in [-0.3, -0.25) is 0 Å². The molecule has 106 valence electrons. The van der Waals surface area contributed by atoms with Crippen molar-refractivity contribution in [3.8, 4) is 0 Å². The average molecular weight is 298 g/mol. The van der Waals surface area contributed by atoms with Crippen LogP contribution >= 0.6 is 11.6 Å². The first-order valence-electron chi connectivity index (χ1n) is 6.12. The summed E-state index contributed by atoms with van der Waals surface area (Å²) in [5.41, 5.74) is 5.80. The number of aliphatic hydroxyl groups is 1. The van der Waals surface area contributed by atoms with Gasteiger partial charge in [-0.15, -0.1) is 0 Å². The summed E-state index contributed by atoms with van der Waals surface area (Å²) in [5.74, 6) is -1.95. The molecule has 0 aliphatic carbocycles. The van der Waals surface area contributed by atoms with Gasteiger partial charge in [0, 0.05) is 28.6 Å². The number of aliphatic hydroxyl groups excluding tert-OH is 1. The maximum atomic E-state index is 13.9. The van der Waals surface area contributed by atoms with Crippen LogP contribution in [0.1, 0.15) is 23.1 Å². The van der Waals surface area contributed by atoms with Crippen LogP contribution in [-0.4, -0.2) is 11.7 Å². The molecule has 0 spiro atoms. The molecule has 0 radical (unpaired) electrons. The molecule has 3 N–H and O–H groups in total. The maximum Gasteiger partial charge on any atom is 0.129 e. The molecule has 2 unspecified atom stereocenters.